The molecule has 0 aliphatic rings. The molecule has 0 amide bonds. The molecular formula is C11H11FN2O. The van der Waals surface area contributed by atoms with Crippen molar-refractivity contribution >= 4 is 0 Å². The third kappa shape index (κ3) is 1.64. The maximum Gasteiger partial charge on any atom is 0.148 e. The molecule has 0 aliphatic carbocycles. The summed E-state index contributed by atoms with van der Waals surface area (Å²) in [7, 11) is 0. The lowest BCUT2D eigenvalue weighted by atomic mass is 10.2. The van der Waals surface area contributed by atoms with Crippen LogP contribution in [0, 0.1) is 12.7 Å². The van der Waals surface area contributed by atoms with E-state index < -0.39 is 0 Å². The van der Waals surface area contributed by atoms with Gasteiger partial charge in [-0.3, -0.25) is 0 Å². The largest absolute Gasteiger partial charge is 0.392 e. The van der Waals surface area contributed by atoms with Gasteiger partial charge in [0.05, 0.1) is 12.8 Å². The molecule has 0 saturated carbocycles. The average molecular weight is 206 g/mol. The highest BCUT2D eigenvalue weighted by molar-refractivity contribution is 5.35. The van der Waals surface area contributed by atoms with Crippen LogP contribution in [-0.4, -0.2) is 14.9 Å². The molecule has 0 spiro atoms. The molecule has 1 heterocycles. The molecule has 0 bridgehead atoms. The summed E-state index contributed by atoms with van der Waals surface area (Å²) in [6.07, 6.45) is 1.54. The van der Waals surface area contributed by atoms with Crippen molar-refractivity contribution in [2.75, 3.05) is 0 Å². The molecule has 0 fully saturated rings. The second-order valence-corrected chi connectivity index (χ2v) is 3.28. The second kappa shape index (κ2) is 3.82. The summed E-state index contributed by atoms with van der Waals surface area (Å²) < 4.78 is 14.9. The zero-order chi connectivity index (χ0) is 10.8. The van der Waals surface area contributed by atoms with E-state index >= 15 is 0 Å². The van der Waals surface area contributed by atoms with Crippen molar-refractivity contribution in [2.24, 2.45) is 0 Å². The number of benzene rings is 1. The average Bonchev–Trinajstić information content (AvgIpc) is 2.60. The third-order valence-electron chi connectivity index (χ3n) is 2.36. The summed E-state index contributed by atoms with van der Waals surface area (Å²) in [5.74, 6) is -0.326. The monoisotopic (exact) mass is 206 g/mol. The molecule has 78 valence electrons. The predicted octanol–water partition coefficient (Wildman–Crippen LogP) is 1.81. The van der Waals surface area contributed by atoms with E-state index in [1.165, 1.54) is 10.7 Å². The fourth-order valence-electron chi connectivity index (χ4n) is 1.47. The van der Waals surface area contributed by atoms with Crippen LogP contribution >= 0.6 is 0 Å². The number of rotatable bonds is 2. The zero-order valence-electron chi connectivity index (χ0n) is 8.31. The molecule has 0 aliphatic heterocycles. The summed E-state index contributed by atoms with van der Waals surface area (Å²) in [4.78, 5) is 0. The minimum absolute atomic E-state index is 0.0830. The van der Waals surface area contributed by atoms with Crippen molar-refractivity contribution in [2.45, 2.75) is 13.5 Å². The highest BCUT2D eigenvalue weighted by Crippen LogP contribution is 2.16. The Morgan fingerprint density at radius 1 is 1.40 bits per heavy atom. The molecule has 1 aromatic carbocycles. The minimum Gasteiger partial charge on any atom is -0.392 e. The molecule has 0 atom stereocenters. The molecule has 0 unspecified atom stereocenters. The number of halogens is 1. The zero-order valence-corrected chi connectivity index (χ0v) is 8.31. The number of aliphatic hydroxyl groups excluding tert-OH is 1. The lowest BCUT2D eigenvalue weighted by molar-refractivity contribution is 0.281. The highest BCUT2D eigenvalue weighted by atomic mass is 19.1. The standard InChI is InChI=1S/C11H11FN2O/c1-8-9(7-15)6-13-14(8)11-5-3-2-4-10(11)12/h2-6,15H,7H2,1H3. The number of nitrogens with zero attached hydrogens (tertiary/aromatic N) is 2. The van der Waals surface area contributed by atoms with E-state index in [2.05, 4.69) is 5.10 Å². The topological polar surface area (TPSA) is 38.1 Å². The molecule has 1 N–H and O–H groups in total. The van der Waals surface area contributed by atoms with Crippen LogP contribution in [0.2, 0.25) is 0 Å². The number of hydrogen-bond acceptors (Lipinski definition) is 2. The second-order valence-electron chi connectivity index (χ2n) is 3.28. The molecule has 3 nitrogen and oxygen atoms in total. The molecule has 2 aromatic rings. The first kappa shape index (κ1) is 9.86. The first-order chi connectivity index (χ1) is 7.24. The Morgan fingerprint density at radius 2 is 2.13 bits per heavy atom. The Balaban J connectivity index is 2.55. The fourth-order valence-corrected chi connectivity index (χ4v) is 1.47. The van der Waals surface area contributed by atoms with Gasteiger partial charge in [-0.15, -0.1) is 0 Å². The Kier molecular flexibility index (Phi) is 2.51. The van der Waals surface area contributed by atoms with Crippen LogP contribution in [0.25, 0.3) is 5.69 Å². The van der Waals surface area contributed by atoms with Gasteiger partial charge in [-0.2, -0.15) is 5.10 Å². The predicted molar refractivity (Wildman–Crippen MR) is 54.2 cm³/mol. The lowest BCUT2D eigenvalue weighted by Gasteiger charge is -2.05. The molecular weight excluding hydrogens is 195 g/mol. The Labute approximate surface area is 86.8 Å². The van der Waals surface area contributed by atoms with Gasteiger partial charge in [-0.05, 0) is 19.1 Å². The van der Waals surface area contributed by atoms with Gasteiger partial charge in [0.15, 0.2) is 0 Å². The van der Waals surface area contributed by atoms with Crippen LogP contribution < -0.4 is 0 Å². The molecule has 0 radical (unpaired) electrons. The van der Waals surface area contributed by atoms with Crippen molar-refractivity contribution in [1.82, 2.24) is 9.78 Å². The Hall–Kier alpha value is -1.68. The van der Waals surface area contributed by atoms with Gasteiger partial charge in [0.2, 0.25) is 0 Å². The number of aliphatic hydroxyl groups is 1. The summed E-state index contributed by atoms with van der Waals surface area (Å²) in [6, 6.07) is 6.41. The number of para-hydroxylation sites is 1. The summed E-state index contributed by atoms with van der Waals surface area (Å²) in [5.41, 5.74) is 1.86. The van der Waals surface area contributed by atoms with Gasteiger partial charge in [0, 0.05) is 11.3 Å². The highest BCUT2D eigenvalue weighted by Gasteiger charge is 2.09. The molecule has 0 saturated heterocycles. The van der Waals surface area contributed by atoms with Gasteiger partial charge in [0.25, 0.3) is 0 Å². The van der Waals surface area contributed by atoms with E-state index in [4.69, 9.17) is 5.11 Å². The first-order valence-electron chi connectivity index (χ1n) is 4.63. The maximum atomic E-state index is 13.4. The van der Waals surface area contributed by atoms with E-state index in [-0.39, 0.29) is 12.4 Å². The first-order valence-corrected chi connectivity index (χ1v) is 4.63. The fraction of sp³-hybridized carbons (Fsp3) is 0.182. The van der Waals surface area contributed by atoms with Gasteiger partial charge < -0.3 is 5.11 Å². The van der Waals surface area contributed by atoms with Crippen molar-refractivity contribution in [3.8, 4) is 5.69 Å². The van der Waals surface area contributed by atoms with Crippen molar-refractivity contribution in [1.29, 1.82) is 0 Å². The summed E-state index contributed by atoms with van der Waals surface area (Å²) >= 11 is 0. The Morgan fingerprint density at radius 3 is 2.73 bits per heavy atom. The third-order valence-corrected chi connectivity index (χ3v) is 2.36. The van der Waals surface area contributed by atoms with E-state index in [1.807, 2.05) is 0 Å². The normalized spacial score (nSPS) is 10.6. The van der Waals surface area contributed by atoms with Crippen molar-refractivity contribution in [3.63, 3.8) is 0 Å². The van der Waals surface area contributed by atoms with Crippen molar-refractivity contribution < 1.29 is 9.50 Å². The van der Waals surface area contributed by atoms with Crippen molar-refractivity contribution in [3.05, 3.63) is 47.5 Å². The number of hydrogen-bond donors (Lipinski definition) is 1. The summed E-state index contributed by atoms with van der Waals surface area (Å²) in [6.45, 7) is 1.71. The SMILES string of the molecule is Cc1c(CO)cnn1-c1ccccc1F. The summed E-state index contributed by atoms with van der Waals surface area (Å²) in [5, 5.41) is 13.0. The maximum absolute atomic E-state index is 13.4. The number of aromatic nitrogens is 2. The molecule has 4 heteroatoms. The van der Waals surface area contributed by atoms with E-state index in [0.717, 1.165) is 5.69 Å². The van der Waals surface area contributed by atoms with Gasteiger partial charge in [-0.25, -0.2) is 9.07 Å². The van der Waals surface area contributed by atoms with Crippen LogP contribution in [0.3, 0.4) is 0 Å². The molecule has 15 heavy (non-hydrogen) atoms. The molecule has 2 rings (SSSR count). The molecule has 1 aromatic heterocycles. The van der Waals surface area contributed by atoms with Gasteiger partial charge in [-0.1, -0.05) is 12.1 Å². The lowest BCUT2D eigenvalue weighted by Crippen LogP contribution is -2.02. The Bertz CT molecular complexity index is 479. The van der Waals surface area contributed by atoms with Gasteiger partial charge in [0.1, 0.15) is 11.5 Å². The quantitative estimate of drug-likeness (QED) is 0.813. The smallest absolute Gasteiger partial charge is 0.148 e. The van der Waals surface area contributed by atoms with E-state index in [0.29, 0.717) is 11.3 Å². The van der Waals surface area contributed by atoms with E-state index in [9.17, 15) is 4.39 Å². The van der Waals surface area contributed by atoms with Crippen LogP contribution in [0.4, 0.5) is 4.39 Å². The van der Waals surface area contributed by atoms with Crippen LogP contribution in [0.1, 0.15) is 11.3 Å². The van der Waals surface area contributed by atoms with Gasteiger partial charge >= 0.3 is 0 Å². The van der Waals surface area contributed by atoms with E-state index in [1.54, 1.807) is 31.3 Å². The minimum atomic E-state index is -0.326. The van der Waals surface area contributed by atoms with Crippen LogP contribution in [0.15, 0.2) is 30.5 Å². The van der Waals surface area contributed by atoms with Crippen LogP contribution in [0.5, 0.6) is 0 Å². The van der Waals surface area contributed by atoms with Crippen LogP contribution in [-0.2, 0) is 6.61 Å².